The Morgan fingerprint density at radius 2 is 1.78 bits per heavy atom. The van der Waals surface area contributed by atoms with E-state index >= 15 is 0 Å². The smallest absolute Gasteiger partial charge is 0.0743 e. The molecule has 0 atom stereocenters. The normalized spacial score (nSPS) is 11.0. The molecule has 0 aliphatic heterocycles. The highest BCUT2D eigenvalue weighted by atomic mass is 35.5. The molecule has 4 heteroatoms. The third kappa shape index (κ3) is 3.31. The van der Waals surface area contributed by atoms with Crippen molar-refractivity contribution in [2.24, 2.45) is 5.73 Å². The molecule has 1 aromatic heterocycles. The van der Waals surface area contributed by atoms with Crippen LogP contribution in [0.5, 0.6) is 0 Å². The van der Waals surface area contributed by atoms with Crippen molar-refractivity contribution in [3.63, 3.8) is 0 Å². The van der Waals surface area contributed by atoms with Crippen molar-refractivity contribution in [2.45, 2.75) is 20.3 Å². The largest absolute Gasteiger partial charge is 0.330 e. The molecule has 2 N–H and O–H groups in total. The van der Waals surface area contributed by atoms with Crippen LogP contribution in [0.3, 0.4) is 0 Å². The van der Waals surface area contributed by atoms with E-state index in [9.17, 15) is 0 Å². The van der Waals surface area contributed by atoms with Gasteiger partial charge in [-0.05, 0) is 44.2 Å². The lowest BCUT2D eigenvalue weighted by molar-refractivity contribution is 0.822. The molecule has 118 valence electrons. The van der Waals surface area contributed by atoms with Crippen LogP contribution < -0.4 is 5.73 Å². The minimum Gasteiger partial charge on any atom is -0.330 e. The van der Waals surface area contributed by atoms with Gasteiger partial charge in [-0.25, -0.2) is 4.68 Å². The lowest BCUT2D eigenvalue weighted by Crippen LogP contribution is -2.05. The van der Waals surface area contributed by atoms with E-state index in [0.717, 1.165) is 34.6 Å². The predicted molar refractivity (Wildman–Crippen MR) is 96.2 cm³/mol. The van der Waals surface area contributed by atoms with Gasteiger partial charge in [-0.3, -0.25) is 0 Å². The van der Waals surface area contributed by atoms with Crippen molar-refractivity contribution in [3.8, 4) is 16.9 Å². The Kier molecular flexibility index (Phi) is 4.51. The third-order valence-electron chi connectivity index (χ3n) is 3.91. The van der Waals surface area contributed by atoms with Gasteiger partial charge in [-0.2, -0.15) is 5.10 Å². The second-order valence-corrected chi connectivity index (χ2v) is 6.20. The first-order chi connectivity index (χ1) is 11.1. The molecule has 0 saturated heterocycles. The number of hydrogen-bond acceptors (Lipinski definition) is 2. The molecule has 0 aliphatic rings. The topological polar surface area (TPSA) is 43.8 Å². The maximum Gasteiger partial charge on any atom is 0.0743 e. The molecule has 3 aromatic rings. The summed E-state index contributed by atoms with van der Waals surface area (Å²) >= 11 is 6.19. The molecule has 0 amide bonds. The first-order valence-electron chi connectivity index (χ1n) is 7.71. The zero-order chi connectivity index (χ0) is 16.4. The van der Waals surface area contributed by atoms with Crippen LogP contribution >= 0.6 is 11.6 Å². The zero-order valence-electron chi connectivity index (χ0n) is 13.4. The Balaban J connectivity index is 2.18. The molecule has 0 bridgehead atoms. The summed E-state index contributed by atoms with van der Waals surface area (Å²) in [5.41, 5.74) is 12.2. The van der Waals surface area contributed by atoms with Crippen LogP contribution in [-0.4, -0.2) is 16.3 Å². The molecule has 0 unspecified atom stereocenters. The van der Waals surface area contributed by atoms with E-state index < -0.39 is 0 Å². The summed E-state index contributed by atoms with van der Waals surface area (Å²) in [5.74, 6) is 0. The average molecular weight is 326 g/mol. The van der Waals surface area contributed by atoms with Crippen LogP contribution in [0, 0.1) is 13.8 Å². The Bertz CT molecular complexity index is 819. The van der Waals surface area contributed by atoms with E-state index in [0.29, 0.717) is 11.6 Å². The summed E-state index contributed by atoms with van der Waals surface area (Å²) in [5, 5.41) is 5.45. The number of aromatic nitrogens is 2. The van der Waals surface area contributed by atoms with Gasteiger partial charge in [-0.15, -0.1) is 0 Å². The summed E-state index contributed by atoms with van der Waals surface area (Å²) in [4.78, 5) is 0. The fourth-order valence-corrected chi connectivity index (χ4v) is 2.79. The Labute approximate surface area is 141 Å². The summed E-state index contributed by atoms with van der Waals surface area (Å²) in [6.45, 7) is 4.73. The number of benzene rings is 2. The van der Waals surface area contributed by atoms with E-state index in [1.807, 2.05) is 22.9 Å². The van der Waals surface area contributed by atoms with Gasteiger partial charge in [-0.1, -0.05) is 47.5 Å². The molecule has 0 fully saturated rings. The number of hydrogen-bond donors (Lipinski definition) is 1. The SMILES string of the molecule is Cc1ccc(-c2cc(CCN)nn2-c2cc(Cl)ccc2C)cc1. The molecule has 1 heterocycles. The summed E-state index contributed by atoms with van der Waals surface area (Å²) in [6.07, 6.45) is 0.755. The number of rotatable bonds is 4. The van der Waals surface area contributed by atoms with E-state index in [2.05, 4.69) is 44.2 Å². The van der Waals surface area contributed by atoms with E-state index in [-0.39, 0.29) is 0 Å². The standard InChI is InChI=1S/C19H20ClN3/c1-13-3-6-15(7-4-13)19-12-17(9-10-21)22-23(19)18-11-16(20)8-5-14(18)2/h3-8,11-12H,9-10,21H2,1-2H3. The van der Waals surface area contributed by atoms with Gasteiger partial charge in [0.05, 0.1) is 17.1 Å². The molecular formula is C19H20ClN3. The van der Waals surface area contributed by atoms with Gasteiger partial charge in [0.2, 0.25) is 0 Å². The molecule has 3 rings (SSSR count). The second kappa shape index (κ2) is 6.57. The van der Waals surface area contributed by atoms with Crippen LogP contribution in [0.25, 0.3) is 16.9 Å². The van der Waals surface area contributed by atoms with Gasteiger partial charge < -0.3 is 5.73 Å². The van der Waals surface area contributed by atoms with Crippen molar-refractivity contribution < 1.29 is 0 Å². The quantitative estimate of drug-likeness (QED) is 0.776. The molecular weight excluding hydrogens is 306 g/mol. The molecule has 3 nitrogen and oxygen atoms in total. The molecule has 23 heavy (non-hydrogen) atoms. The monoisotopic (exact) mass is 325 g/mol. The number of halogens is 1. The average Bonchev–Trinajstić information content (AvgIpc) is 2.94. The molecule has 0 radical (unpaired) electrons. The number of nitrogens with two attached hydrogens (primary N) is 1. The minimum atomic E-state index is 0.582. The minimum absolute atomic E-state index is 0.582. The Morgan fingerprint density at radius 3 is 2.48 bits per heavy atom. The molecule has 0 saturated carbocycles. The van der Waals surface area contributed by atoms with Gasteiger partial charge in [0.15, 0.2) is 0 Å². The highest BCUT2D eigenvalue weighted by Gasteiger charge is 2.13. The summed E-state index contributed by atoms with van der Waals surface area (Å²) < 4.78 is 1.97. The van der Waals surface area contributed by atoms with Crippen molar-refractivity contribution in [1.82, 2.24) is 9.78 Å². The van der Waals surface area contributed by atoms with Crippen molar-refractivity contribution in [3.05, 3.63) is 70.4 Å². The van der Waals surface area contributed by atoms with Crippen molar-refractivity contribution >= 4 is 11.6 Å². The fourth-order valence-electron chi connectivity index (χ4n) is 2.62. The van der Waals surface area contributed by atoms with Crippen LogP contribution in [0.4, 0.5) is 0 Å². The highest BCUT2D eigenvalue weighted by Crippen LogP contribution is 2.27. The van der Waals surface area contributed by atoms with Crippen molar-refractivity contribution in [1.29, 1.82) is 0 Å². The van der Waals surface area contributed by atoms with Crippen LogP contribution in [0.1, 0.15) is 16.8 Å². The van der Waals surface area contributed by atoms with E-state index in [1.165, 1.54) is 5.56 Å². The van der Waals surface area contributed by atoms with Crippen LogP contribution in [0.15, 0.2) is 48.5 Å². The summed E-state index contributed by atoms with van der Waals surface area (Å²) in [7, 11) is 0. The van der Waals surface area contributed by atoms with Gasteiger partial charge >= 0.3 is 0 Å². The van der Waals surface area contributed by atoms with E-state index in [4.69, 9.17) is 22.4 Å². The van der Waals surface area contributed by atoms with E-state index in [1.54, 1.807) is 0 Å². The zero-order valence-corrected chi connectivity index (χ0v) is 14.1. The number of nitrogens with zero attached hydrogens (tertiary/aromatic N) is 2. The fraction of sp³-hybridized carbons (Fsp3) is 0.211. The first-order valence-corrected chi connectivity index (χ1v) is 8.09. The van der Waals surface area contributed by atoms with Gasteiger partial charge in [0.25, 0.3) is 0 Å². The predicted octanol–water partition coefficient (Wildman–Crippen LogP) is 4.31. The maximum atomic E-state index is 6.19. The first kappa shape index (κ1) is 15.8. The van der Waals surface area contributed by atoms with Crippen LogP contribution in [0.2, 0.25) is 5.02 Å². The maximum absolute atomic E-state index is 6.19. The van der Waals surface area contributed by atoms with Gasteiger partial charge in [0.1, 0.15) is 0 Å². The van der Waals surface area contributed by atoms with Crippen molar-refractivity contribution in [2.75, 3.05) is 6.54 Å². The third-order valence-corrected chi connectivity index (χ3v) is 4.14. The second-order valence-electron chi connectivity index (χ2n) is 5.77. The Morgan fingerprint density at radius 1 is 1.04 bits per heavy atom. The molecule has 0 spiro atoms. The van der Waals surface area contributed by atoms with Gasteiger partial charge in [0, 0.05) is 17.0 Å². The molecule has 2 aromatic carbocycles. The molecule has 0 aliphatic carbocycles. The van der Waals surface area contributed by atoms with Crippen LogP contribution in [-0.2, 0) is 6.42 Å². The lowest BCUT2D eigenvalue weighted by Gasteiger charge is -2.11. The summed E-state index contributed by atoms with van der Waals surface area (Å²) in [6, 6.07) is 16.4. The number of aryl methyl sites for hydroxylation is 2. The Hall–Kier alpha value is -2.10. The lowest BCUT2D eigenvalue weighted by atomic mass is 10.1. The highest BCUT2D eigenvalue weighted by molar-refractivity contribution is 6.30.